The fourth-order valence-corrected chi connectivity index (χ4v) is 3.26. The van der Waals surface area contributed by atoms with Gasteiger partial charge in [-0.05, 0) is 49.7 Å². The molecule has 0 bridgehead atoms. The molecule has 7 heteroatoms. The van der Waals surface area contributed by atoms with Crippen molar-refractivity contribution in [1.82, 2.24) is 15.0 Å². The molecule has 2 N–H and O–H groups in total. The number of amides is 1. The van der Waals surface area contributed by atoms with Crippen LogP contribution in [-0.4, -0.2) is 25.4 Å². The lowest BCUT2D eigenvalue weighted by Gasteiger charge is -2.11. The SMILES string of the molecule is CC(C)NS(=O)(=O)c1cccc(C(=O)NCc2ccncc2)c1. The molecule has 23 heavy (non-hydrogen) atoms. The predicted octanol–water partition coefficient (Wildman–Crippen LogP) is 1.70. The number of sulfonamides is 1. The Kier molecular flexibility index (Phi) is 5.46. The summed E-state index contributed by atoms with van der Waals surface area (Å²) < 4.78 is 26.8. The number of pyridine rings is 1. The van der Waals surface area contributed by atoms with E-state index in [0.717, 1.165) is 5.56 Å². The van der Waals surface area contributed by atoms with Crippen molar-refractivity contribution in [3.63, 3.8) is 0 Å². The molecule has 2 aromatic rings. The molecule has 0 unspecified atom stereocenters. The standard InChI is InChI=1S/C16H19N3O3S/c1-12(2)19-23(21,22)15-5-3-4-14(10-15)16(20)18-11-13-6-8-17-9-7-13/h3-10,12,19H,11H2,1-2H3,(H,18,20). The lowest BCUT2D eigenvalue weighted by molar-refractivity contribution is 0.0950. The van der Waals surface area contributed by atoms with E-state index in [1.165, 1.54) is 12.1 Å². The third kappa shape index (κ3) is 4.87. The van der Waals surface area contributed by atoms with Crippen LogP contribution in [0.2, 0.25) is 0 Å². The molecule has 1 aromatic heterocycles. The van der Waals surface area contributed by atoms with Gasteiger partial charge in [-0.15, -0.1) is 0 Å². The van der Waals surface area contributed by atoms with Crippen molar-refractivity contribution in [2.45, 2.75) is 31.3 Å². The number of carbonyl (C=O) groups is 1. The molecule has 0 aliphatic heterocycles. The summed E-state index contributed by atoms with van der Waals surface area (Å²) in [5, 5.41) is 2.75. The van der Waals surface area contributed by atoms with E-state index in [-0.39, 0.29) is 16.8 Å². The second-order valence-electron chi connectivity index (χ2n) is 5.34. The van der Waals surface area contributed by atoms with Gasteiger partial charge in [0.2, 0.25) is 10.0 Å². The summed E-state index contributed by atoms with van der Waals surface area (Å²) in [6.07, 6.45) is 3.29. The van der Waals surface area contributed by atoms with Crippen LogP contribution in [0.1, 0.15) is 29.8 Å². The molecule has 1 amide bonds. The highest BCUT2D eigenvalue weighted by Gasteiger charge is 2.17. The smallest absolute Gasteiger partial charge is 0.251 e. The largest absolute Gasteiger partial charge is 0.348 e. The highest BCUT2D eigenvalue weighted by Crippen LogP contribution is 2.12. The quantitative estimate of drug-likeness (QED) is 0.842. The zero-order valence-corrected chi connectivity index (χ0v) is 13.8. The molecular formula is C16H19N3O3S. The Labute approximate surface area is 136 Å². The first-order valence-electron chi connectivity index (χ1n) is 7.18. The van der Waals surface area contributed by atoms with Gasteiger partial charge in [0, 0.05) is 30.5 Å². The number of carbonyl (C=O) groups excluding carboxylic acids is 1. The Morgan fingerprint density at radius 1 is 1.17 bits per heavy atom. The number of benzene rings is 1. The van der Waals surface area contributed by atoms with Gasteiger partial charge in [0.25, 0.3) is 5.91 Å². The van der Waals surface area contributed by atoms with Crippen molar-refractivity contribution in [3.05, 3.63) is 59.9 Å². The van der Waals surface area contributed by atoms with Crippen LogP contribution in [0.25, 0.3) is 0 Å². The molecular weight excluding hydrogens is 314 g/mol. The van der Waals surface area contributed by atoms with E-state index in [2.05, 4.69) is 15.0 Å². The van der Waals surface area contributed by atoms with E-state index in [1.54, 1.807) is 50.5 Å². The summed E-state index contributed by atoms with van der Waals surface area (Å²) in [4.78, 5) is 16.2. The number of nitrogens with one attached hydrogen (secondary N) is 2. The number of aromatic nitrogens is 1. The topological polar surface area (TPSA) is 88.2 Å². The fraction of sp³-hybridized carbons (Fsp3) is 0.250. The van der Waals surface area contributed by atoms with Crippen LogP contribution in [0, 0.1) is 0 Å². The Morgan fingerprint density at radius 3 is 2.52 bits per heavy atom. The molecule has 1 aromatic carbocycles. The van der Waals surface area contributed by atoms with Crippen molar-refractivity contribution in [1.29, 1.82) is 0 Å². The molecule has 6 nitrogen and oxygen atoms in total. The number of hydrogen-bond donors (Lipinski definition) is 2. The van der Waals surface area contributed by atoms with Crippen LogP contribution in [0.4, 0.5) is 0 Å². The van der Waals surface area contributed by atoms with E-state index >= 15 is 0 Å². The molecule has 2 rings (SSSR count). The molecule has 0 aliphatic rings. The van der Waals surface area contributed by atoms with Gasteiger partial charge in [-0.3, -0.25) is 9.78 Å². The Balaban J connectivity index is 2.11. The minimum atomic E-state index is -3.62. The highest BCUT2D eigenvalue weighted by atomic mass is 32.2. The van der Waals surface area contributed by atoms with E-state index in [9.17, 15) is 13.2 Å². The van der Waals surface area contributed by atoms with E-state index < -0.39 is 10.0 Å². The molecule has 0 saturated carbocycles. The third-order valence-electron chi connectivity index (χ3n) is 3.00. The highest BCUT2D eigenvalue weighted by molar-refractivity contribution is 7.89. The molecule has 0 saturated heterocycles. The summed E-state index contributed by atoms with van der Waals surface area (Å²) in [5.41, 5.74) is 1.21. The summed E-state index contributed by atoms with van der Waals surface area (Å²) in [6, 6.07) is 9.34. The van der Waals surface area contributed by atoms with Crippen molar-refractivity contribution < 1.29 is 13.2 Å². The monoisotopic (exact) mass is 333 g/mol. The van der Waals surface area contributed by atoms with Gasteiger partial charge in [-0.25, -0.2) is 13.1 Å². The average molecular weight is 333 g/mol. The summed E-state index contributed by atoms with van der Waals surface area (Å²) in [7, 11) is -3.62. The van der Waals surface area contributed by atoms with Gasteiger partial charge in [0.05, 0.1) is 4.90 Å². The summed E-state index contributed by atoms with van der Waals surface area (Å²) in [5.74, 6) is -0.330. The second kappa shape index (κ2) is 7.34. The van der Waals surface area contributed by atoms with Crippen LogP contribution in [-0.2, 0) is 16.6 Å². The van der Waals surface area contributed by atoms with Crippen LogP contribution in [0.3, 0.4) is 0 Å². The normalized spacial score (nSPS) is 11.4. The zero-order chi connectivity index (χ0) is 16.9. The maximum absolute atomic E-state index is 12.2. The fourth-order valence-electron chi connectivity index (χ4n) is 1.97. The molecule has 0 spiro atoms. The lowest BCUT2D eigenvalue weighted by atomic mass is 10.2. The number of rotatable bonds is 6. The summed E-state index contributed by atoms with van der Waals surface area (Å²) >= 11 is 0. The van der Waals surface area contributed by atoms with Gasteiger partial charge in [0.15, 0.2) is 0 Å². The predicted molar refractivity (Wildman–Crippen MR) is 87.3 cm³/mol. The van der Waals surface area contributed by atoms with Crippen LogP contribution < -0.4 is 10.0 Å². The average Bonchev–Trinajstić information content (AvgIpc) is 2.52. The van der Waals surface area contributed by atoms with Crippen molar-refractivity contribution in [2.75, 3.05) is 0 Å². The number of hydrogen-bond acceptors (Lipinski definition) is 4. The molecule has 0 radical (unpaired) electrons. The first kappa shape index (κ1) is 17.1. The van der Waals surface area contributed by atoms with Crippen molar-refractivity contribution in [3.8, 4) is 0 Å². The van der Waals surface area contributed by atoms with E-state index in [0.29, 0.717) is 12.1 Å². The minimum Gasteiger partial charge on any atom is -0.348 e. The summed E-state index contributed by atoms with van der Waals surface area (Å²) in [6.45, 7) is 3.83. The Morgan fingerprint density at radius 2 is 1.87 bits per heavy atom. The van der Waals surface area contributed by atoms with Gasteiger partial charge in [-0.2, -0.15) is 0 Å². The van der Waals surface area contributed by atoms with Crippen molar-refractivity contribution in [2.24, 2.45) is 0 Å². The Bertz CT molecular complexity index is 774. The lowest BCUT2D eigenvalue weighted by Crippen LogP contribution is -2.30. The van der Waals surface area contributed by atoms with E-state index in [4.69, 9.17) is 0 Å². The van der Waals surface area contributed by atoms with E-state index in [1.807, 2.05) is 0 Å². The van der Waals surface area contributed by atoms with Gasteiger partial charge >= 0.3 is 0 Å². The zero-order valence-electron chi connectivity index (χ0n) is 13.0. The maximum atomic E-state index is 12.2. The maximum Gasteiger partial charge on any atom is 0.251 e. The first-order chi connectivity index (χ1) is 10.9. The second-order valence-corrected chi connectivity index (χ2v) is 7.06. The Hall–Kier alpha value is -2.25. The molecule has 0 atom stereocenters. The molecule has 0 aliphatic carbocycles. The van der Waals surface area contributed by atoms with Gasteiger partial charge < -0.3 is 5.32 Å². The molecule has 1 heterocycles. The minimum absolute atomic E-state index is 0.0720. The van der Waals surface area contributed by atoms with Crippen LogP contribution in [0.5, 0.6) is 0 Å². The van der Waals surface area contributed by atoms with Gasteiger partial charge in [0.1, 0.15) is 0 Å². The van der Waals surface area contributed by atoms with Crippen LogP contribution in [0.15, 0.2) is 53.7 Å². The van der Waals surface area contributed by atoms with Gasteiger partial charge in [-0.1, -0.05) is 6.07 Å². The number of nitrogens with zero attached hydrogens (tertiary/aromatic N) is 1. The first-order valence-corrected chi connectivity index (χ1v) is 8.66. The molecule has 0 fully saturated rings. The van der Waals surface area contributed by atoms with Crippen LogP contribution >= 0.6 is 0 Å². The third-order valence-corrected chi connectivity index (χ3v) is 4.66. The van der Waals surface area contributed by atoms with Crippen molar-refractivity contribution >= 4 is 15.9 Å². The molecule has 122 valence electrons.